The normalized spacial score (nSPS) is 18.5. The van der Waals surface area contributed by atoms with E-state index in [0.717, 1.165) is 53.7 Å². The Morgan fingerprint density at radius 3 is 2.77 bits per heavy atom. The first-order valence-electron chi connectivity index (χ1n) is 7.60. The van der Waals surface area contributed by atoms with Crippen LogP contribution in [0.15, 0.2) is 11.4 Å². The molecule has 22 heavy (non-hydrogen) atoms. The number of nitrogens with zero attached hydrogens (tertiary/aromatic N) is 4. The van der Waals surface area contributed by atoms with Crippen LogP contribution in [0.4, 0.5) is 0 Å². The molecule has 0 aromatic carbocycles. The lowest BCUT2D eigenvalue weighted by Crippen LogP contribution is -2.37. The molecule has 1 fully saturated rings. The molecular formula is C16H20N4OS. The molecule has 6 heteroatoms. The van der Waals surface area contributed by atoms with E-state index in [4.69, 9.17) is 0 Å². The first-order valence-corrected chi connectivity index (χ1v) is 8.48. The summed E-state index contributed by atoms with van der Waals surface area (Å²) < 4.78 is 0. The molecule has 2 aromatic heterocycles. The average Bonchev–Trinajstić information content (AvgIpc) is 2.93. The monoisotopic (exact) mass is 316 g/mol. The van der Waals surface area contributed by atoms with E-state index in [2.05, 4.69) is 15.0 Å². The molecule has 3 rings (SSSR count). The average molecular weight is 316 g/mol. The van der Waals surface area contributed by atoms with Crippen LogP contribution in [0.2, 0.25) is 0 Å². The van der Waals surface area contributed by atoms with Gasteiger partial charge in [0.1, 0.15) is 16.5 Å². The number of hydrogen-bond acceptors (Lipinski definition) is 5. The van der Waals surface area contributed by atoms with Gasteiger partial charge in [0, 0.05) is 24.5 Å². The largest absolute Gasteiger partial charge is 0.334 e. The molecule has 1 saturated heterocycles. The Bertz CT molecular complexity index is 697. The third-order valence-electron chi connectivity index (χ3n) is 3.94. The summed E-state index contributed by atoms with van der Waals surface area (Å²) in [6.07, 6.45) is 3.16. The van der Waals surface area contributed by atoms with Crippen molar-refractivity contribution in [3.63, 3.8) is 0 Å². The van der Waals surface area contributed by atoms with Gasteiger partial charge in [-0.05, 0) is 39.2 Å². The fraction of sp³-hybridized carbons (Fsp3) is 0.500. The maximum atomic E-state index is 11.9. The number of aryl methyl sites for hydroxylation is 2. The molecule has 0 spiro atoms. The molecule has 1 amide bonds. The van der Waals surface area contributed by atoms with Gasteiger partial charge in [-0.3, -0.25) is 4.79 Å². The summed E-state index contributed by atoms with van der Waals surface area (Å²) in [7, 11) is 0. The standard InChI is InChI=1S/C16H20N4OS/c1-10-9-22-16(17-10)14-8-13(18-11(2)19-14)15-6-4-5-7-20(15)12(3)21/h8-9,15H,4-7H2,1-3H3. The highest BCUT2D eigenvalue weighted by molar-refractivity contribution is 7.13. The van der Waals surface area contributed by atoms with E-state index in [0.29, 0.717) is 0 Å². The van der Waals surface area contributed by atoms with E-state index in [-0.39, 0.29) is 11.9 Å². The van der Waals surface area contributed by atoms with Gasteiger partial charge in [-0.25, -0.2) is 15.0 Å². The second-order valence-electron chi connectivity index (χ2n) is 5.74. The molecular weight excluding hydrogens is 296 g/mol. The summed E-state index contributed by atoms with van der Waals surface area (Å²) in [4.78, 5) is 27.5. The van der Waals surface area contributed by atoms with E-state index >= 15 is 0 Å². The number of hydrogen-bond donors (Lipinski definition) is 0. The molecule has 1 aliphatic rings. The van der Waals surface area contributed by atoms with Crippen molar-refractivity contribution in [3.05, 3.63) is 28.7 Å². The van der Waals surface area contributed by atoms with Crippen LogP contribution in [-0.2, 0) is 4.79 Å². The zero-order valence-electron chi connectivity index (χ0n) is 13.2. The smallest absolute Gasteiger partial charge is 0.220 e. The predicted octanol–water partition coefficient (Wildman–Crippen LogP) is 3.29. The van der Waals surface area contributed by atoms with Crippen LogP contribution in [0.5, 0.6) is 0 Å². The van der Waals surface area contributed by atoms with E-state index in [9.17, 15) is 4.79 Å². The van der Waals surface area contributed by atoms with Gasteiger partial charge in [0.25, 0.3) is 0 Å². The van der Waals surface area contributed by atoms with E-state index in [1.54, 1.807) is 18.3 Å². The Hall–Kier alpha value is -1.82. The summed E-state index contributed by atoms with van der Waals surface area (Å²) in [6, 6.07) is 2.06. The van der Waals surface area contributed by atoms with Gasteiger partial charge in [0.05, 0.1) is 11.7 Å². The van der Waals surface area contributed by atoms with Gasteiger partial charge in [0.15, 0.2) is 0 Å². The van der Waals surface area contributed by atoms with Gasteiger partial charge < -0.3 is 4.90 Å². The van der Waals surface area contributed by atoms with Crippen molar-refractivity contribution in [2.75, 3.05) is 6.54 Å². The molecule has 3 heterocycles. The van der Waals surface area contributed by atoms with Gasteiger partial charge in [-0.15, -0.1) is 11.3 Å². The zero-order chi connectivity index (χ0) is 15.7. The minimum atomic E-state index is 0.0627. The molecule has 0 aliphatic carbocycles. The molecule has 116 valence electrons. The van der Waals surface area contributed by atoms with Crippen LogP contribution in [0, 0.1) is 13.8 Å². The number of thiazole rings is 1. The van der Waals surface area contributed by atoms with Crippen LogP contribution >= 0.6 is 11.3 Å². The number of piperidine rings is 1. The van der Waals surface area contributed by atoms with Gasteiger partial charge >= 0.3 is 0 Å². The van der Waals surface area contributed by atoms with Crippen LogP contribution in [0.3, 0.4) is 0 Å². The lowest BCUT2D eigenvalue weighted by molar-refractivity contribution is -0.132. The van der Waals surface area contributed by atoms with Crippen molar-refractivity contribution >= 4 is 17.2 Å². The Labute approximate surface area is 134 Å². The van der Waals surface area contributed by atoms with Gasteiger partial charge in [0.2, 0.25) is 5.91 Å². The summed E-state index contributed by atoms with van der Waals surface area (Å²) in [6.45, 7) is 6.33. The lowest BCUT2D eigenvalue weighted by Gasteiger charge is -2.34. The first-order chi connectivity index (χ1) is 10.5. The molecule has 0 radical (unpaired) electrons. The SMILES string of the molecule is CC(=O)N1CCCCC1c1cc(-c2nc(C)cs2)nc(C)n1. The zero-order valence-corrected chi connectivity index (χ0v) is 14.0. The van der Waals surface area contributed by atoms with Crippen LogP contribution in [-0.4, -0.2) is 32.3 Å². The number of rotatable bonds is 2. The topological polar surface area (TPSA) is 59.0 Å². The second kappa shape index (κ2) is 6.12. The van der Waals surface area contributed by atoms with Crippen molar-refractivity contribution < 1.29 is 4.79 Å². The number of carbonyl (C=O) groups is 1. The highest BCUT2D eigenvalue weighted by Crippen LogP contribution is 2.32. The molecule has 0 saturated carbocycles. The number of carbonyl (C=O) groups excluding carboxylic acids is 1. The summed E-state index contributed by atoms with van der Waals surface area (Å²) in [5.74, 6) is 0.849. The number of aromatic nitrogens is 3. The van der Waals surface area contributed by atoms with E-state index < -0.39 is 0 Å². The number of amides is 1. The van der Waals surface area contributed by atoms with Gasteiger partial charge in [-0.1, -0.05) is 0 Å². The van der Waals surface area contributed by atoms with E-state index in [1.807, 2.05) is 30.2 Å². The molecule has 1 unspecified atom stereocenters. The predicted molar refractivity (Wildman–Crippen MR) is 86.6 cm³/mol. The maximum absolute atomic E-state index is 11.9. The summed E-state index contributed by atoms with van der Waals surface area (Å²) in [5.41, 5.74) is 2.79. The third-order valence-corrected chi connectivity index (χ3v) is 4.93. The Kier molecular flexibility index (Phi) is 4.20. The van der Waals surface area contributed by atoms with Gasteiger partial charge in [-0.2, -0.15) is 0 Å². The third kappa shape index (κ3) is 3.02. The minimum absolute atomic E-state index is 0.0627. The fourth-order valence-corrected chi connectivity index (χ4v) is 3.72. The quantitative estimate of drug-likeness (QED) is 0.853. The van der Waals surface area contributed by atoms with Crippen LogP contribution in [0.25, 0.3) is 10.7 Å². The Balaban J connectivity index is 1.99. The minimum Gasteiger partial charge on any atom is -0.334 e. The van der Waals surface area contributed by atoms with Crippen molar-refractivity contribution in [3.8, 4) is 10.7 Å². The Morgan fingerprint density at radius 1 is 1.27 bits per heavy atom. The molecule has 5 nitrogen and oxygen atoms in total. The van der Waals surface area contributed by atoms with Crippen molar-refractivity contribution in [2.45, 2.75) is 46.1 Å². The Morgan fingerprint density at radius 2 is 2.09 bits per heavy atom. The molecule has 0 N–H and O–H groups in total. The fourth-order valence-electron chi connectivity index (χ4n) is 2.96. The van der Waals surface area contributed by atoms with Crippen LogP contribution < -0.4 is 0 Å². The molecule has 0 bridgehead atoms. The molecule has 2 aromatic rings. The maximum Gasteiger partial charge on any atom is 0.220 e. The highest BCUT2D eigenvalue weighted by atomic mass is 32.1. The van der Waals surface area contributed by atoms with Crippen molar-refractivity contribution in [1.82, 2.24) is 19.9 Å². The molecule has 1 atom stereocenters. The van der Waals surface area contributed by atoms with Crippen molar-refractivity contribution in [1.29, 1.82) is 0 Å². The highest BCUT2D eigenvalue weighted by Gasteiger charge is 2.27. The summed E-state index contributed by atoms with van der Waals surface area (Å²) in [5, 5.41) is 2.93. The van der Waals surface area contributed by atoms with Crippen molar-refractivity contribution in [2.24, 2.45) is 0 Å². The second-order valence-corrected chi connectivity index (χ2v) is 6.60. The van der Waals surface area contributed by atoms with E-state index in [1.165, 1.54) is 0 Å². The van der Waals surface area contributed by atoms with Crippen LogP contribution in [0.1, 0.15) is 49.4 Å². The first kappa shape index (κ1) is 15.1. The lowest BCUT2D eigenvalue weighted by atomic mass is 9.98. The molecule has 1 aliphatic heterocycles. The number of likely N-dealkylation sites (tertiary alicyclic amines) is 1. The summed E-state index contributed by atoms with van der Waals surface area (Å²) >= 11 is 1.59.